The van der Waals surface area contributed by atoms with Gasteiger partial charge in [-0.3, -0.25) is 4.90 Å². The molecule has 5 nitrogen and oxygen atoms in total. The summed E-state index contributed by atoms with van der Waals surface area (Å²) in [4.78, 5) is 13.1. The van der Waals surface area contributed by atoms with E-state index in [0.717, 1.165) is 30.6 Å². The first-order valence-corrected chi connectivity index (χ1v) is 6.91. The van der Waals surface area contributed by atoms with Gasteiger partial charge < -0.3 is 9.52 Å². The van der Waals surface area contributed by atoms with Crippen LogP contribution in [-0.2, 0) is 6.54 Å². The quantitative estimate of drug-likeness (QED) is 0.882. The van der Waals surface area contributed by atoms with E-state index in [2.05, 4.69) is 17.9 Å². The maximum atomic E-state index is 10.9. The number of carboxylic acids is 1. The summed E-state index contributed by atoms with van der Waals surface area (Å²) >= 11 is 0. The van der Waals surface area contributed by atoms with Crippen molar-refractivity contribution in [2.45, 2.75) is 20.4 Å². The highest BCUT2D eigenvalue weighted by Crippen LogP contribution is 2.21. The van der Waals surface area contributed by atoms with Crippen LogP contribution in [0.2, 0.25) is 0 Å². The number of benzene rings is 1. The lowest BCUT2D eigenvalue weighted by atomic mass is 10.1. The molecule has 0 saturated carbocycles. The highest BCUT2D eigenvalue weighted by molar-refractivity contribution is 5.91. The molecule has 0 saturated heterocycles. The van der Waals surface area contributed by atoms with Crippen LogP contribution in [-0.4, -0.2) is 29.1 Å². The Hall–Kier alpha value is -2.32. The third-order valence-corrected chi connectivity index (χ3v) is 3.40. The van der Waals surface area contributed by atoms with Crippen molar-refractivity contribution in [3.8, 4) is 6.07 Å². The highest BCUT2D eigenvalue weighted by Gasteiger charge is 2.12. The normalized spacial score (nSPS) is 12.5. The van der Waals surface area contributed by atoms with Crippen molar-refractivity contribution in [2.75, 3.05) is 13.1 Å². The average Bonchev–Trinajstić information content (AvgIpc) is 2.89. The molecule has 1 atom stereocenters. The van der Waals surface area contributed by atoms with Gasteiger partial charge in [-0.1, -0.05) is 13.0 Å². The smallest absolute Gasteiger partial charge is 0.371 e. The van der Waals surface area contributed by atoms with Crippen LogP contribution in [0.25, 0.3) is 11.0 Å². The second kappa shape index (κ2) is 6.42. The zero-order chi connectivity index (χ0) is 15.4. The Labute approximate surface area is 123 Å². The van der Waals surface area contributed by atoms with Gasteiger partial charge in [-0.25, -0.2) is 4.79 Å². The summed E-state index contributed by atoms with van der Waals surface area (Å²) < 4.78 is 5.24. The van der Waals surface area contributed by atoms with Crippen LogP contribution in [0.5, 0.6) is 0 Å². The number of nitriles is 1. The second-order valence-electron chi connectivity index (χ2n) is 5.15. The molecular weight excluding hydrogens is 268 g/mol. The summed E-state index contributed by atoms with van der Waals surface area (Å²) in [6.07, 6.45) is 0. The lowest BCUT2D eigenvalue weighted by Crippen LogP contribution is -2.27. The Bertz CT molecular complexity index is 684. The summed E-state index contributed by atoms with van der Waals surface area (Å²) in [6.45, 7) is 6.27. The molecule has 5 heteroatoms. The van der Waals surface area contributed by atoms with Crippen molar-refractivity contribution in [2.24, 2.45) is 5.92 Å². The van der Waals surface area contributed by atoms with Gasteiger partial charge in [-0.05, 0) is 37.2 Å². The summed E-state index contributed by atoms with van der Waals surface area (Å²) in [7, 11) is 0. The van der Waals surface area contributed by atoms with Crippen molar-refractivity contribution in [3.63, 3.8) is 0 Å². The zero-order valence-corrected chi connectivity index (χ0v) is 12.2. The molecule has 1 aromatic heterocycles. The van der Waals surface area contributed by atoms with Crippen molar-refractivity contribution in [3.05, 3.63) is 35.6 Å². The van der Waals surface area contributed by atoms with E-state index in [0.29, 0.717) is 5.58 Å². The Morgan fingerprint density at radius 1 is 1.48 bits per heavy atom. The number of aromatic carboxylic acids is 1. The molecule has 1 heterocycles. The van der Waals surface area contributed by atoms with E-state index in [9.17, 15) is 4.79 Å². The van der Waals surface area contributed by atoms with E-state index in [1.807, 2.05) is 19.1 Å². The Morgan fingerprint density at radius 3 is 2.86 bits per heavy atom. The third kappa shape index (κ3) is 3.61. The molecule has 0 bridgehead atoms. The Kier molecular flexibility index (Phi) is 4.61. The summed E-state index contributed by atoms with van der Waals surface area (Å²) in [5.74, 6) is -1.13. The van der Waals surface area contributed by atoms with Crippen LogP contribution >= 0.6 is 0 Å². The van der Waals surface area contributed by atoms with Crippen LogP contribution in [0.15, 0.2) is 28.7 Å². The molecular formula is C16H18N2O3. The molecule has 0 aliphatic rings. The van der Waals surface area contributed by atoms with Gasteiger partial charge in [0.2, 0.25) is 5.76 Å². The van der Waals surface area contributed by atoms with E-state index in [1.165, 1.54) is 6.07 Å². The minimum Gasteiger partial charge on any atom is -0.475 e. The standard InChI is InChI=1S/C16H18N2O3/c1-3-18(9-11(2)8-17)10-12-4-5-14-13(6-12)7-15(21-14)16(19)20/h4-7,11H,3,9-10H2,1-2H3,(H,19,20). The predicted molar refractivity (Wildman–Crippen MR) is 78.9 cm³/mol. The molecule has 1 aromatic carbocycles. The van der Waals surface area contributed by atoms with Crippen molar-refractivity contribution < 1.29 is 14.3 Å². The average molecular weight is 286 g/mol. The topological polar surface area (TPSA) is 77.5 Å². The lowest BCUT2D eigenvalue weighted by molar-refractivity contribution is 0.0665. The number of carbonyl (C=O) groups is 1. The largest absolute Gasteiger partial charge is 0.475 e. The number of rotatable bonds is 6. The predicted octanol–water partition coefficient (Wildman–Crippen LogP) is 3.11. The summed E-state index contributed by atoms with van der Waals surface area (Å²) in [6, 6.07) is 9.43. The molecule has 0 amide bonds. The molecule has 110 valence electrons. The number of fused-ring (bicyclic) bond motifs is 1. The van der Waals surface area contributed by atoms with E-state index >= 15 is 0 Å². The molecule has 0 aliphatic heterocycles. The van der Waals surface area contributed by atoms with Gasteiger partial charge in [0, 0.05) is 18.5 Å². The SMILES string of the molecule is CCN(Cc1ccc2oc(C(=O)O)cc2c1)CC(C)C#N. The van der Waals surface area contributed by atoms with Crippen LogP contribution in [0, 0.1) is 17.2 Å². The summed E-state index contributed by atoms with van der Waals surface area (Å²) in [5.41, 5.74) is 1.65. The molecule has 0 fully saturated rings. The molecule has 0 radical (unpaired) electrons. The van der Waals surface area contributed by atoms with Crippen LogP contribution < -0.4 is 0 Å². The molecule has 21 heavy (non-hydrogen) atoms. The van der Waals surface area contributed by atoms with Gasteiger partial charge in [0.1, 0.15) is 5.58 Å². The highest BCUT2D eigenvalue weighted by atomic mass is 16.4. The second-order valence-corrected chi connectivity index (χ2v) is 5.15. The van der Waals surface area contributed by atoms with E-state index in [4.69, 9.17) is 14.8 Å². The van der Waals surface area contributed by atoms with Crippen LogP contribution in [0.4, 0.5) is 0 Å². The van der Waals surface area contributed by atoms with E-state index in [-0.39, 0.29) is 11.7 Å². The van der Waals surface area contributed by atoms with Gasteiger partial charge in [0.15, 0.2) is 0 Å². The number of carboxylic acid groups (broad SMARTS) is 1. The molecule has 1 N–H and O–H groups in total. The van der Waals surface area contributed by atoms with Gasteiger partial charge in [0.05, 0.1) is 12.0 Å². The van der Waals surface area contributed by atoms with Crippen molar-refractivity contribution in [1.29, 1.82) is 5.26 Å². The number of hydrogen-bond acceptors (Lipinski definition) is 4. The van der Waals surface area contributed by atoms with E-state index < -0.39 is 5.97 Å². The first-order valence-electron chi connectivity index (χ1n) is 6.91. The monoisotopic (exact) mass is 286 g/mol. The van der Waals surface area contributed by atoms with Crippen molar-refractivity contribution in [1.82, 2.24) is 4.90 Å². The Morgan fingerprint density at radius 2 is 2.24 bits per heavy atom. The number of nitrogens with zero attached hydrogens (tertiary/aromatic N) is 2. The number of furan rings is 1. The minimum atomic E-state index is -1.06. The van der Waals surface area contributed by atoms with Gasteiger partial charge in [0.25, 0.3) is 0 Å². The fourth-order valence-corrected chi connectivity index (χ4v) is 2.29. The molecule has 0 spiro atoms. The minimum absolute atomic E-state index is 0.0128. The molecule has 2 rings (SSSR count). The molecule has 0 aliphatic carbocycles. The fraction of sp³-hybridized carbons (Fsp3) is 0.375. The molecule has 1 unspecified atom stereocenters. The third-order valence-electron chi connectivity index (χ3n) is 3.40. The number of hydrogen-bond donors (Lipinski definition) is 1. The lowest BCUT2D eigenvalue weighted by Gasteiger charge is -2.21. The maximum absolute atomic E-state index is 10.9. The van der Waals surface area contributed by atoms with E-state index in [1.54, 1.807) is 6.07 Å². The van der Waals surface area contributed by atoms with Crippen LogP contribution in [0.3, 0.4) is 0 Å². The van der Waals surface area contributed by atoms with Gasteiger partial charge in [-0.2, -0.15) is 5.26 Å². The van der Waals surface area contributed by atoms with Crippen LogP contribution in [0.1, 0.15) is 30.0 Å². The van der Waals surface area contributed by atoms with Gasteiger partial charge in [-0.15, -0.1) is 0 Å². The maximum Gasteiger partial charge on any atom is 0.371 e. The van der Waals surface area contributed by atoms with Gasteiger partial charge >= 0.3 is 5.97 Å². The zero-order valence-electron chi connectivity index (χ0n) is 12.2. The first-order chi connectivity index (χ1) is 10.0. The summed E-state index contributed by atoms with van der Waals surface area (Å²) in [5, 5.41) is 18.6. The van der Waals surface area contributed by atoms with Crippen molar-refractivity contribution >= 4 is 16.9 Å². The Balaban J connectivity index is 2.18. The first kappa shape index (κ1) is 15.1. The fourth-order valence-electron chi connectivity index (χ4n) is 2.29. The molecule has 2 aromatic rings.